The first kappa shape index (κ1) is 17.3. The molecule has 0 saturated carbocycles. The van der Waals surface area contributed by atoms with Crippen LogP contribution in [-0.4, -0.2) is 27.4 Å². The topological polar surface area (TPSA) is 72.2 Å². The van der Waals surface area contributed by atoms with Gasteiger partial charge >= 0.3 is 0 Å². The molecule has 130 valence electrons. The summed E-state index contributed by atoms with van der Waals surface area (Å²) in [6.45, 7) is 5.56. The van der Waals surface area contributed by atoms with E-state index in [0.717, 1.165) is 22.3 Å². The number of aromatic nitrogens is 3. The molecule has 6 nitrogen and oxygen atoms in total. The van der Waals surface area contributed by atoms with Crippen molar-refractivity contribution >= 4 is 18.7 Å². The van der Waals surface area contributed by atoms with Gasteiger partial charge in [-0.05, 0) is 54.6 Å². The number of carbonyl (C=O) groups excluding carboxylic acids is 1. The molecule has 0 saturated heterocycles. The molecule has 0 fully saturated rings. The second kappa shape index (κ2) is 7.57. The maximum absolute atomic E-state index is 12.3. The smallest absolute Gasteiger partial charge is 0.256 e. The van der Waals surface area contributed by atoms with Gasteiger partial charge in [0.25, 0.3) is 5.91 Å². The highest BCUT2D eigenvalue weighted by atomic mass is 16.1. The minimum atomic E-state index is -0.257. The van der Waals surface area contributed by atoms with Crippen LogP contribution in [-0.2, 0) is 7.05 Å². The Labute approximate surface area is 151 Å². The zero-order valence-corrected chi connectivity index (χ0v) is 14.7. The second-order valence-corrected chi connectivity index (χ2v) is 5.85. The summed E-state index contributed by atoms with van der Waals surface area (Å²) in [5.74, 6) is 0.130. The van der Waals surface area contributed by atoms with Crippen LogP contribution in [0.15, 0.2) is 65.9 Å². The molecular weight excluding hydrogens is 326 g/mol. The van der Waals surface area contributed by atoms with E-state index < -0.39 is 0 Å². The van der Waals surface area contributed by atoms with Gasteiger partial charge in [0.15, 0.2) is 0 Å². The molecule has 0 atom stereocenters. The Kier molecular flexibility index (Phi) is 5.03. The van der Waals surface area contributed by atoms with Crippen LogP contribution in [0.25, 0.3) is 17.2 Å². The summed E-state index contributed by atoms with van der Waals surface area (Å²) in [5.41, 5.74) is 4.59. The van der Waals surface area contributed by atoms with Crippen molar-refractivity contribution in [2.45, 2.75) is 6.92 Å². The van der Waals surface area contributed by atoms with E-state index in [1.54, 1.807) is 35.3 Å². The number of aliphatic imine (C=N–C) groups is 1. The van der Waals surface area contributed by atoms with Crippen LogP contribution in [0.4, 0.5) is 0 Å². The Morgan fingerprint density at radius 2 is 2.00 bits per heavy atom. The van der Waals surface area contributed by atoms with Gasteiger partial charge in [-0.2, -0.15) is 5.10 Å². The van der Waals surface area contributed by atoms with E-state index in [4.69, 9.17) is 0 Å². The Balaban J connectivity index is 1.89. The fourth-order valence-corrected chi connectivity index (χ4v) is 2.51. The van der Waals surface area contributed by atoms with E-state index in [0.29, 0.717) is 11.4 Å². The van der Waals surface area contributed by atoms with Crippen molar-refractivity contribution in [1.82, 2.24) is 20.1 Å². The molecule has 0 spiro atoms. The normalized spacial score (nSPS) is 11.2. The van der Waals surface area contributed by atoms with Crippen LogP contribution < -0.4 is 5.32 Å². The van der Waals surface area contributed by atoms with Gasteiger partial charge < -0.3 is 5.32 Å². The first-order valence-corrected chi connectivity index (χ1v) is 8.06. The number of nitrogens with zero attached hydrogens (tertiary/aromatic N) is 4. The minimum absolute atomic E-state index is 0.257. The molecule has 26 heavy (non-hydrogen) atoms. The standard InChI is InChI=1S/C20H19N5O/c1-14-4-5-16(18-12-23-25(3)13-18)10-17(14)11-19(21-2)24-20(26)15-6-8-22-9-7-15/h4-13H,2H2,1,3H3,(H,24,26)/b19-11+. The molecule has 2 aromatic heterocycles. The van der Waals surface area contributed by atoms with Gasteiger partial charge in [-0.25, -0.2) is 4.99 Å². The maximum Gasteiger partial charge on any atom is 0.256 e. The van der Waals surface area contributed by atoms with Gasteiger partial charge in [-0.1, -0.05) is 12.1 Å². The highest BCUT2D eigenvalue weighted by Gasteiger charge is 2.08. The van der Waals surface area contributed by atoms with Crippen LogP contribution in [0.1, 0.15) is 21.5 Å². The van der Waals surface area contributed by atoms with Gasteiger partial charge in [0.2, 0.25) is 0 Å². The summed E-state index contributed by atoms with van der Waals surface area (Å²) in [5, 5.41) is 6.98. The third-order valence-electron chi connectivity index (χ3n) is 3.96. The Bertz CT molecular complexity index is 973. The fraction of sp³-hybridized carbons (Fsp3) is 0.100. The number of amides is 1. The number of aryl methyl sites for hydroxylation is 2. The summed E-state index contributed by atoms with van der Waals surface area (Å²) >= 11 is 0. The fourth-order valence-electron chi connectivity index (χ4n) is 2.51. The zero-order chi connectivity index (χ0) is 18.5. The van der Waals surface area contributed by atoms with Crippen molar-refractivity contribution < 1.29 is 4.79 Å². The summed E-state index contributed by atoms with van der Waals surface area (Å²) in [4.78, 5) is 20.2. The lowest BCUT2D eigenvalue weighted by molar-refractivity contribution is 0.0966. The van der Waals surface area contributed by atoms with E-state index >= 15 is 0 Å². The summed E-state index contributed by atoms with van der Waals surface area (Å²) in [6.07, 6.45) is 8.72. The SMILES string of the molecule is C=N/C(=C\c1cc(-c2cnn(C)c2)ccc1C)NC(=O)c1ccncc1. The van der Waals surface area contributed by atoms with Crippen molar-refractivity contribution in [3.05, 3.63) is 77.6 Å². The Morgan fingerprint density at radius 3 is 2.65 bits per heavy atom. The molecule has 0 aliphatic rings. The molecule has 0 radical (unpaired) electrons. The number of hydrogen-bond donors (Lipinski definition) is 1. The lowest BCUT2D eigenvalue weighted by Crippen LogP contribution is -2.21. The molecule has 1 N–H and O–H groups in total. The minimum Gasteiger partial charge on any atom is -0.307 e. The van der Waals surface area contributed by atoms with Gasteiger partial charge in [-0.15, -0.1) is 0 Å². The molecule has 1 aromatic carbocycles. The van der Waals surface area contributed by atoms with Crippen LogP contribution in [0, 0.1) is 6.92 Å². The van der Waals surface area contributed by atoms with Crippen LogP contribution in [0.3, 0.4) is 0 Å². The van der Waals surface area contributed by atoms with Crippen molar-refractivity contribution in [3.8, 4) is 11.1 Å². The first-order chi connectivity index (χ1) is 12.6. The highest BCUT2D eigenvalue weighted by Crippen LogP contribution is 2.23. The molecule has 1 amide bonds. The lowest BCUT2D eigenvalue weighted by atomic mass is 10.0. The maximum atomic E-state index is 12.3. The lowest BCUT2D eigenvalue weighted by Gasteiger charge is -2.08. The quantitative estimate of drug-likeness (QED) is 0.722. The molecule has 0 bridgehead atoms. The third kappa shape index (κ3) is 3.92. The molecule has 3 aromatic rings. The Hall–Kier alpha value is -3.54. The third-order valence-corrected chi connectivity index (χ3v) is 3.96. The van der Waals surface area contributed by atoms with Crippen LogP contribution >= 0.6 is 0 Å². The zero-order valence-electron chi connectivity index (χ0n) is 14.7. The summed E-state index contributed by atoms with van der Waals surface area (Å²) < 4.78 is 1.76. The van der Waals surface area contributed by atoms with Gasteiger partial charge in [0.05, 0.1) is 6.20 Å². The number of benzene rings is 1. The molecule has 0 aliphatic carbocycles. The second-order valence-electron chi connectivity index (χ2n) is 5.85. The number of carbonyl (C=O) groups is 1. The molecular formula is C20H19N5O. The average molecular weight is 345 g/mol. The Morgan fingerprint density at radius 1 is 1.23 bits per heavy atom. The molecule has 6 heteroatoms. The van der Waals surface area contributed by atoms with E-state index in [1.807, 2.05) is 44.6 Å². The van der Waals surface area contributed by atoms with Crippen molar-refractivity contribution in [2.24, 2.45) is 12.0 Å². The van der Waals surface area contributed by atoms with E-state index in [1.165, 1.54) is 0 Å². The molecule has 2 heterocycles. The van der Waals surface area contributed by atoms with Crippen LogP contribution in [0.5, 0.6) is 0 Å². The largest absolute Gasteiger partial charge is 0.307 e. The van der Waals surface area contributed by atoms with E-state index in [2.05, 4.69) is 27.1 Å². The predicted molar refractivity (Wildman–Crippen MR) is 103 cm³/mol. The van der Waals surface area contributed by atoms with Gasteiger partial charge in [0, 0.05) is 36.8 Å². The number of rotatable bonds is 5. The van der Waals surface area contributed by atoms with Crippen molar-refractivity contribution in [3.63, 3.8) is 0 Å². The number of hydrogen-bond acceptors (Lipinski definition) is 4. The highest BCUT2D eigenvalue weighted by molar-refractivity contribution is 5.95. The molecule has 3 rings (SSSR count). The summed E-state index contributed by atoms with van der Waals surface area (Å²) in [7, 11) is 1.88. The van der Waals surface area contributed by atoms with Gasteiger partial charge in [0.1, 0.15) is 5.82 Å². The van der Waals surface area contributed by atoms with E-state index in [-0.39, 0.29) is 5.91 Å². The first-order valence-electron chi connectivity index (χ1n) is 8.06. The predicted octanol–water partition coefficient (Wildman–Crippen LogP) is 3.22. The average Bonchev–Trinajstić information content (AvgIpc) is 3.09. The van der Waals surface area contributed by atoms with Crippen LogP contribution in [0.2, 0.25) is 0 Å². The number of pyridine rings is 1. The monoisotopic (exact) mass is 345 g/mol. The van der Waals surface area contributed by atoms with E-state index in [9.17, 15) is 4.79 Å². The molecule has 0 unspecified atom stereocenters. The van der Waals surface area contributed by atoms with Crippen molar-refractivity contribution in [1.29, 1.82) is 0 Å². The van der Waals surface area contributed by atoms with Gasteiger partial charge in [-0.3, -0.25) is 14.5 Å². The van der Waals surface area contributed by atoms with Crippen molar-refractivity contribution in [2.75, 3.05) is 0 Å². The number of nitrogens with one attached hydrogen (secondary N) is 1. The molecule has 0 aliphatic heterocycles. The summed E-state index contributed by atoms with van der Waals surface area (Å²) in [6, 6.07) is 9.39.